The highest BCUT2D eigenvalue weighted by Crippen LogP contribution is 2.33. The normalized spacial score (nSPS) is 12.0. The molecule has 0 fully saturated rings. The number of aliphatic hydroxyl groups is 1. The molecule has 0 aromatic heterocycles. The second kappa shape index (κ2) is 6.94. The van der Waals surface area contributed by atoms with Crippen molar-refractivity contribution in [1.29, 1.82) is 0 Å². The van der Waals surface area contributed by atoms with E-state index in [9.17, 15) is 14.3 Å². The van der Waals surface area contributed by atoms with Gasteiger partial charge in [-0.15, -0.1) is 0 Å². The molecule has 0 spiro atoms. The summed E-state index contributed by atoms with van der Waals surface area (Å²) in [5.74, 6) is -1.00. The summed E-state index contributed by atoms with van der Waals surface area (Å²) in [5, 5.41) is 18.4. The van der Waals surface area contributed by atoms with E-state index in [0.29, 0.717) is 5.75 Å². The van der Waals surface area contributed by atoms with Crippen molar-refractivity contribution in [3.05, 3.63) is 23.5 Å². The summed E-state index contributed by atoms with van der Waals surface area (Å²) in [6.45, 7) is 0. The monoisotopic (exact) mass is 272 g/mol. The van der Waals surface area contributed by atoms with E-state index in [4.69, 9.17) is 14.6 Å². The molecule has 0 aliphatic heterocycles. The van der Waals surface area contributed by atoms with Crippen molar-refractivity contribution in [1.82, 2.24) is 0 Å². The van der Waals surface area contributed by atoms with Crippen LogP contribution in [0.1, 0.15) is 30.9 Å². The first-order valence-electron chi connectivity index (χ1n) is 5.80. The van der Waals surface area contributed by atoms with Gasteiger partial charge in [0.25, 0.3) is 0 Å². The summed E-state index contributed by atoms with van der Waals surface area (Å²) in [6.07, 6.45) is -0.700. The van der Waals surface area contributed by atoms with Crippen molar-refractivity contribution < 1.29 is 28.9 Å². The number of ether oxygens (including phenoxy) is 2. The summed E-state index contributed by atoms with van der Waals surface area (Å²) in [4.78, 5) is 10.4. The fraction of sp³-hybridized carbons (Fsp3) is 0.462. The smallest absolute Gasteiger partial charge is 0.303 e. The van der Waals surface area contributed by atoms with Crippen molar-refractivity contribution in [2.45, 2.75) is 25.4 Å². The topological polar surface area (TPSA) is 76.0 Å². The van der Waals surface area contributed by atoms with Crippen LogP contribution in [0, 0.1) is 5.82 Å². The maximum absolute atomic E-state index is 13.8. The minimum Gasteiger partial charge on any atom is -0.493 e. The highest BCUT2D eigenvalue weighted by atomic mass is 19.1. The minimum atomic E-state index is -1.07. The molecule has 1 aromatic rings. The Bertz CT molecular complexity index is 447. The van der Waals surface area contributed by atoms with Gasteiger partial charge < -0.3 is 19.7 Å². The molecular formula is C13H17FO5. The molecule has 0 bridgehead atoms. The molecule has 0 radical (unpaired) electrons. The van der Waals surface area contributed by atoms with E-state index in [1.807, 2.05) is 0 Å². The van der Waals surface area contributed by atoms with E-state index in [1.54, 1.807) is 0 Å². The van der Waals surface area contributed by atoms with Crippen molar-refractivity contribution >= 4 is 5.97 Å². The highest BCUT2D eigenvalue weighted by molar-refractivity contribution is 5.66. The van der Waals surface area contributed by atoms with E-state index in [2.05, 4.69) is 0 Å². The second-order valence-electron chi connectivity index (χ2n) is 4.03. The molecule has 19 heavy (non-hydrogen) atoms. The minimum absolute atomic E-state index is 0.0635. The zero-order valence-electron chi connectivity index (χ0n) is 10.9. The van der Waals surface area contributed by atoms with Crippen LogP contribution in [0.5, 0.6) is 11.5 Å². The Morgan fingerprint density at radius 3 is 2.42 bits per heavy atom. The van der Waals surface area contributed by atoms with Gasteiger partial charge in [-0.05, 0) is 18.9 Å². The summed E-state index contributed by atoms with van der Waals surface area (Å²) >= 11 is 0. The van der Waals surface area contributed by atoms with Gasteiger partial charge in [-0.2, -0.15) is 0 Å². The van der Waals surface area contributed by atoms with Gasteiger partial charge in [0.1, 0.15) is 5.82 Å². The average molecular weight is 272 g/mol. The van der Waals surface area contributed by atoms with E-state index >= 15 is 0 Å². The molecule has 1 rings (SSSR count). The molecule has 106 valence electrons. The molecule has 2 N–H and O–H groups in total. The molecule has 0 amide bonds. The number of aliphatic hydroxyl groups excluding tert-OH is 1. The third kappa shape index (κ3) is 4.10. The molecule has 0 aliphatic carbocycles. The highest BCUT2D eigenvalue weighted by Gasteiger charge is 2.17. The average Bonchev–Trinajstić information content (AvgIpc) is 2.37. The number of carboxylic acid groups (broad SMARTS) is 1. The van der Waals surface area contributed by atoms with Crippen LogP contribution in [0.2, 0.25) is 0 Å². The number of halogens is 1. The predicted molar refractivity (Wildman–Crippen MR) is 66.0 cm³/mol. The molecule has 1 atom stereocenters. The van der Waals surface area contributed by atoms with Gasteiger partial charge in [0, 0.05) is 18.1 Å². The van der Waals surface area contributed by atoms with Crippen LogP contribution < -0.4 is 9.47 Å². The third-order valence-electron chi connectivity index (χ3n) is 2.73. The van der Waals surface area contributed by atoms with Gasteiger partial charge in [-0.25, -0.2) is 4.39 Å². The van der Waals surface area contributed by atoms with Crippen LogP contribution in [0.15, 0.2) is 12.1 Å². The Labute approximate surface area is 110 Å². The molecule has 0 aliphatic rings. The summed E-state index contributed by atoms with van der Waals surface area (Å²) in [5.41, 5.74) is 0.0723. The van der Waals surface area contributed by atoms with Crippen LogP contribution in [0.3, 0.4) is 0 Å². The molecule has 6 heteroatoms. The van der Waals surface area contributed by atoms with Crippen LogP contribution in [0.4, 0.5) is 4.39 Å². The molecule has 0 heterocycles. The van der Waals surface area contributed by atoms with E-state index < -0.39 is 17.9 Å². The standard InChI is InChI=1S/C13H17FO5/c1-18-11-6-8(9(14)7-12(11)19-2)10(15)4-3-5-13(16)17/h6-7,10,15H,3-5H2,1-2H3,(H,16,17)/t10-/m1/s1. The zero-order chi connectivity index (χ0) is 14.4. The summed E-state index contributed by atoms with van der Waals surface area (Å²) in [6, 6.07) is 2.49. The Kier molecular flexibility index (Phi) is 5.57. The fourth-order valence-corrected chi connectivity index (χ4v) is 1.73. The van der Waals surface area contributed by atoms with Crippen LogP contribution in [-0.2, 0) is 4.79 Å². The van der Waals surface area contributed by atoms with E-state index in [1.165, 1.54) is 20.3 Å². The Morgan fingerprint density at radius 1 is 1.32 bits per heavy atom. The van der Waals surface area contributed by atoms with Crippen molar-refractivity contribution in [3.8, 4) is 11.5 Å². The quantitative estimate of drug-likeness (QED) is 0.795. The maximum Gasteiger partial charge on any atom is 0.303 e. The second-order valence-corrected chi connectivity index (χ2v) is 4.03. The lowest BCUT2D eigenvalue weighted by atomic mass is 10.0. The number of carbonyl (C=O) groups is 1. The Hall–Kier alpha value is -1.82. The Morgan fingerprint density at radius 2 is 1.89 bits per heavy atom. The van der Waals surface area contributed by atoms with E-state index in [-0.39, 0.29) is 30.6 Å². The lowest BCUT2D eigenvalue weighted by Gasteiger charge is -2.15. The number of methoxy groups -OCH3 is 2. The van der Waals surface area contributed by atoms with Gasteiger partial charge >= 0.3 is 5.97 Å². The third-order valence-corrected chi connectivity index (χ3v) is 2.73. The first kappa shape index (κ1) is 15.2. The first-order valence-corrected chi connectivity index (χ1v) is 5.80. The van der Waals surface area contributed by atoms with Crippen LogP contribution >= 0.6 is 0 Å². The molecule has 1 aromatic carbocycles. The maximum atomic E-state index is 13.8. The van der Waals surface area contributed by atoms with Crippen molar-refractivity contribution in [2.75, 3.05) is 14.2 Å². The molecule has 5 nitrogen and oxygen atoms in total. The van der Waals surface area contributed by atoms with Gasteiger partial charge in [-0.1, -0.05) is 0 Å². The van der Waals surface area contributed by atoms with Crippen LogP contribution in [-0.4, -0.2) is 30.4 Å². The Balaban J connectivity index is 2.84. The number of hydrogen-bond donors (Lipinski definition) is 2. The number of rotatable bonds is 7. The van der Waals surface area contributed by atoms with Gasteiger partial charge in [0.15, 0.2) is 11.5 Å². The van der Waals surface area contributed by atoms with Crippen LogP contribution in [0.25, 0.3) is 0 Å². The lowest BCUT2D eigenvalue weighted by Crippen LogP contribution is -2.04. The number of aliphatic carboxylic acids is 1. The first-order chi connectivity index (χ1) is 8.99. The van der Waals surface area contributed by atoms with Gasteiger partial charge in [0.2, 0.25) is 0 Å². The SMILES string of the molecule is COc1cc(F)c([C@H](O)CCCC(=O)O)cc1OC. The van der Waals surface area contributed by atoms with Gasteiger partial charge in [0.05, 0.1) is 20.3 Å². The van der Waals surface area contributed by atoms with E-state index in [0.717, 1.165) is 6.07 Å². The molecular weight excluding hydrogens is 255 g/mol. The van der Waals surface area contributed by atoms with Crippen molar-refractivity contribution in [3.63, 3.8) is 0 Å². The van der Waals surface area contributed by atoms with Crippen molar-refractivity contribution in [2.24, 2.45) is 0 Å². The molecule has 0 saturated heterocycles. The zero-order valence-corrected chi connectivity index (χ0v) is 10.9. The number of hydrogen-bond acceptors (Lipinski definition) is 4. The fourth-order valence-electron chi connectivity index (χ4n) is 1.73. The van der Waals surface area contributed by atoms with Gasteiger partial charge in [-0.3, -0.25) is 4.79 Å². The summed E-state index contributed by atoms with van der Waals surface area (Å²) < 4.78 is 23.7. The number of carboxylic acids is 1. The molecule has 0 saturated carbocycles. The summed E-state index contributed by atoms with van der Waals surface area (Å²) in [7, 11) is 2.80. The lowest BCUT2D eigenvalue weighted by molar-refractivity contribution is -0.137. The largest absolute Gasteiger partial charge is 0.493 e. The predicted octanol–water partition coefficient (Wildman–Crippen LogP) is 2.13. The number of benzene rings is 1. The molecule has 0 unspecified atom stereocenters.